The van der Waals surface area contributed by atoms with Crippen molar-refractivity contribution in [2.45, 2.75) is 19.8 Å². The fourth-order valence-corrected chi connectivity index (χ4v) is 3.52. The predicted octanol–water partition coefficient (Wildman–Crippen LogP) is 3.44. The van der Waals surface area contributed by atoms with Crippen molar-refractivity contribution in [1.29, 1.82) is 0 Å². The Morgan fingerprint density at radius 1 is 0.808 bits per heavy atom. The summed E-state index contributed by atoms with van der Waals surface area (Å²) in [6, 6.07) is 14.5. The van der Waals surface area contributed by atoms with Crippen LogP contribution in [-0.2, 0) is 9.59 Å². The van der Waals surface area contributed by atoms with Crippen molar-refractivity contribution < 1.29 is 14.7 Å². The summed E-state index contributed by atoms with van der Waals surface area (Å²) in [5.74, 6) is -1.67. The molecule has 5 nitrogen and oxygen atoms in total. The lowest BCUT2D eigenvalue weighted by Gasteiger charge is -2.19. The minimum Gasteiger partial charge on any atom is -0.502 e. The second-order valence-electron chi connectivity index (χ2n) is 6.75. The Hall–Kier alpha value is -3.08. The van der Waals surface area contributed by atoms with Crippen molar-refractivity contribution in [3.63, 3.8) is 0 Å². The quantitative estimate of drug-likeness (QED) is 0.863. The van der Waals surface area contributed by atoms with Crippen LogP contribution in [0, 0.1) is 6.92 Å². The third-order valence-electron chi connectivity index (χ3n) is 4.98. The molecule has 2 aromatic rings. The van der Waals surface area contributed by atoms with Gasteiger partial charge in [-0.15, -0.1) is 0 Å². The summed E-state index contributed by atoms with van der Waals surface area (Å²) in [6.07, 6.45) is 2.37. The number of rotatable bonds is 3. The van der Waals surface area contributed by atoms with E-state index in [9.17, 15) is 14.7 Å². The molecule has 2 aliphatic rings. The van der Waals surface area contributed by atoms with Crippen LogP contribution in [0.25, 0.3) is 5.57 Å². The van der Waals surface area contributed by atoms with Crippen molar-refractivity contribution in [2.24, 2.45) is 0 Å². The molecule has 2 heterocycles. The number of imide groups is 1. The van der Waals surface area contributed by atoms with E-state index in [0.717, 1.165) is 29.2 Å². The molecule has 132 valence electrons. The third-order valence-corrected chi connectivity index (χ3v) is 4.98. The topological polar surface area (TPSA) is 60.9 Å². The van der Waals surface area contributed by atoms with E-state index in [-0.39, 0.29) is 5.57 Å². The van der Waals surface area contributed by atoms with E-state index >= 15 is 0 Å². The monoisotopic (exact) mass is 348 g/mol. The van der Waals surface area contributed by atoms with E-state index < -0.39 is 17.6 Å². The Morgan fingerprint density at radius 3 is 2.00 bits per heavy atom. The van der Waals surface area contributed by atoms with Crippen LogP contribution >= 0.6 is 0 Å². The van der Waals surface area contributed by atoms with E-state index in [1.54, 1.807) is 24.3 Å². The molecule has 0 aromatic heterocycles. The summed E-state index contributed by atoms with van der Waals surface area (Å²) < 4.78 is 0. The van der Waals surface area contributed by atoms with Gasteiger partial charge in [-0.05, 0) is 49.6 Å². The van der Waals surface area contributed by atoms with Crippen LogP contribution in [0.4, 0.5) is 11.4 Å². The maximum atomic E-state index is 12.8. The van der Waals surface area contributed by atoms with E-state index in [2.05, 4.69) is 4.90 Å². The number of nitrogens with zero attached hydrogens (tertiary/aromatic N) is 2. The first kappa shape index (κ1) is 16.4. The van der Waals surface area contributed by atoms with Crippen LogP contribution in [0.2, 0.25) is 0 Å². The number of aliphatic hydroxyl groups excluding tert-OH is 1. The van der Waals surface area contributed by atoms with Crippen LogP contribution in [0.15, 0.2) is 54.3 Å². The van der Waals surface area contributed by atoms with Gasteiger partial charge in [0.15, 0.2) is 5.76 Å². The van der Waals surface area contributed by atoms with Crippen molar-refractivity contribution >= 4 is 28.8 Å². The summed E-state index contributed by atoms with van der Waals surface area (Å²) in [6.45, 7) is 4.00. The molecule has 0 unspecified atom stereocenters. The minimum absolute atomic E-state index is 0.0543. The smallest absolute Gasteiger partial charge is 0.301 e. The number of hydrogen-bond acceptors (Lipinski definition) is 4. The average Bonchev–Trinajstić information content (AvgIpc) is 3.25. The van der Waals surface area contributed by atoms with Gasteiger partial charge in [-0.25, -0.2) is 4.90 Å². The number of carbonyl (C=O) groups is 2. The molecule has 1 N–H and O–H groups in total. The molecular formula is C21H20N2O3. The van der Waals surface area contributed by atoms with Gasteiger partial charge in [0.25, 0.3) is 5.91 Å². The van der Waals surface area contributed by atoms with Gasteiger partial charge in [-0.2, -0.15) is 0 Å². The summed E-state index contributed by atoms with van der Waals surface area (Å²) >= 11 is 0. The Balaban J connectivity index is 1.63. The highest BCUT2D eigenvalue weighted by Crippen LogP contribution is 2.33. The first-order chi connectivity index (χ1) is 12.6. The van der Waals surface area contributed by atoms with Crippen LogP contribution < -0.4 is 9.80 Å². The van der Waals surface area contributed by atoms with Gasteiger partial charge < -0.3 is 10.0 Å². The summed E-state index contributed by atoms with van der Waals surface area (Å²) in [5.41, 5.74) is 3.19. The molecule has 0 bridgehead atoms. The molecular weight excluding hydrogens is 328 g/mol. The highest BCUT2D eigenvalue weighted by Gasteiger charge is 2.40. The molecule has 1 fully saturated rings. The van der Waals surface area contributed by atoms with E-state index in [1.165, 1.54) is 12.8 Å². The molecule has 0 atom stereocenters. The van der Waals surface area contributed by atoms with Gasteiger partial charge in [0.1, 0.15) is 0 Å². The lowest BCUT2D eigenvalue weighted by atomic mass is 10.0. The zero-order valence-electron chi connectivity index (χ0n) is 14.6. The molecule has 2 amide bonds. The van der Waals surface area contributed by atoms with E-state index in [0.29, 0.717) is 11.3 Å². The Kier molecular flexibility index (Phi) is 3.99. The summed E-state index contributed by atoms with van der Waals surface area (Å²) in [4.78, 5) is 28.6. The van der Waals surface area contributed by atoms with Gasteiger partial charge in [0, 0.05) is 18.8 Å². The molecule has 0 radical (unpaired) electrons. The van der Waals surface area contributed by atoms with E-state index in [1.807, 2.05) is 31.2 Å². The maximum absolute atomic E-state index is 12.8. The van der Waals surface area contributed by atoms with Crippen molar-refractivity contribution in [3.8, 4) is 0 Å². The molecule has 2 aromatic carbocycles. The zero-order chi connectivity index (χ0) is 18.3. The van der Waals surface area contributed by atoms with Crippen molar-refractivity contribution in [2.75, 3.05) is 22.9 Å². The number of anilines is 2. The van der Waals surface area contributed by atoms with Gasteiger partial charge in [-0.1, -0.05) is 29.8 Å². The van der Waals surface area contributed by atoms with Crippen LogP contribution in [0.5, 0.6) is 0 Å². The second-order valence-corrected chi connectivity index (χ2v) is 6.75. The van der Waals surface area contributed by atoms with Gasteiger partial charge in [0.05, 0.1) is 11.3 Å². The minimum atomic E-state index is -0.681. The fourth-order valence-electron chi connectivity index (χ4n) is 3.52. The fraction of sp³-hybridized carbons (Fsp3) is 0.238. The van der Waals surface area contributed by atoms with Gasteiger partial charge in [-0.3, -0.25) is 9.59 Å². The average molecular weight is 348 g/mol. The van der Waals surface area contributed by atoms with Crippen molar-refractivity contribution in [1.82, 2.24) is 0 Å². The highest BCUT2D eigenvalue weighted by atomic mass is 16.3. The van der Waals surface area contributed by atoms with Crippen molar-refractivity contribution in [3.05, 3.63) is 65.4 Å². The van der Waals surface area contributed by atoms with Gasteiger partial charge >= 0.3 is 5.91 Å². The number of carbonyl (C=O) groups excluding carboxylic acids is 2. The van der Waals surface area contributed by atoms with Crippen LogP contribution in [0.1, 0.15) is 24.0 Å². The first-order valence-corrected chi connectivity index (χ1v) is 8.80. The highest BCUT2D eigenvalue weighted by molar-refractivity contribution is 6.44. The zero-order valence-corrected chi connectivity index (χ0v) is 14.6. The number of aryl methyl sites for hydroxylation is 1. The van der Waals surface area contributed by atoms with Crippen LogP contribution in [0.3, 0.4) is 0 Å². The first-order valence-electron chi connectivity index (χ1n) is 8.80. The molecule has 5 heteroatoms. The second kappa shape index (κ2) is 6.33. The maximum Gasteiger partial charge on any atom is 0.301 e. The molecule has 0 spiro atoms. The molecule has 0 aliphatic carbocycles. The predicted molar refractivity (Wildman–Crippen MR) is 101 cm³/mol. The molecule has 1 saturated heterocycles. The van der Waals surface area contributed by atoms with Crippen LogP contribution in [-0.4, -0.2) is 30.0 Å². The lowest BCUT2D eigenvalue weighted by molar-refractivity contribution is -0.121. The number of amides is 2. The summed E-state index contributed by atoms with van der Waals surface area (Å²) in [5, 5.41) is 10.3. The molecule has 4 rings (SSSR count). The number of aliphatic hydroxyl groups is 1. The molecule has 2 aliphatic heterocycles. The van der Waals surface area contributed by atoms with E-state index in [4.69, 9.17) is 0 Å². The molecule has 0 saturated carbocycles. The SMILES string of the molecule is Cc1ccc(C2=C(O)C(=O)N(c3ccc(N4CCCC4)cc3)C2=O)cc1. The summed E-state index contributed by atoms with van der Waals surface area (Å²) in [7, 11) is 0. The standard InChI is InChI=1S/C21H20N2O3/c1-14-4-6-15(7-5-14)18-19(24)21(26)23(20(18)25)17-10-8-16(9-11-17)22-12-2-3-13-22/h4-11,24H,2-3,12-13H2,1H3. The van der Waals surface area contributed by atoms with Gasteiger partial charge in [0.2, 0.25) is 0 Å². The lowest BCUT2D eigenvalue weighted by Crippen LogP contribution is -2.31. The normalized spacial score (nSPS) is 17.6. The Labute approximate surface area is 152 Å². The molecule has 26 heavy (non-hydrogen) atoms. The largest absolute Gasteiger partial charge is 0.502 e. The number of benzene rings is 2. The number of hydrogen-bond donors (Lipinski definition) is 1. The Bertz CT molecular complexity index is 892. The Morgan fingerprint density at radius 2 is 1.38 bits per heavy atom. The third kappa shape index (κ3) is 2.65.